The van der Waals surface area contributed by atoms with Crippen molar-refractivity contribution in [1.29, 1.82) is 0 Å². The van der Waals surface area contributed by atoms with E-state index < -0.39 is 0 Å². The molecular weight excluding hydrogens is 242 g/mol. The summed E-state index contributed by atoms with van der Waals surface area (Å²) in [6.07, 6.45) is 7.22. The minimum absolute atomic E-state index is 0.568. The van der Waals surface area contributed by atoms with E-state index in [-0.39, 0.29) is 0 Å². The minimum Gasteiger partial charge on any atom is -0.313 e. The number of thiazole rings is 1. The average Bonchev–Trinajstić information content (AvgIpc) is 2.80. The SMILES string of the molecule is CCCNCC=Cc1c(Cl)nc2sccn12. The molecule has 86 valence electrons. The van der Waals surface area contributed by atoms with E-state index in [9.17, 15) is 0 Å². The van der Waals surface area contributed by atoms with Gasteiger partial charge in [-0.25, -0.2) is 4.98 Å². The predicted octanol–water partition coefficient (Wildman–Crippen LogP) is 3.06. The van der Waals surface area contributed by atoms with Gasteiger partial charge in [0, 0.05) is 18.1 Å². The molecule has 0 spiro atoms. The van der Waals surface area contributed by atoms with E-state index in [0.717, 1.165) is 30.2 Å². The van der Waals surface area contributed by atoms with Crippen molar-refractivity contribution in [2.45, 2.75) is 13.3 Å². The summed E-state index contributed by atoms with van der Waals surface area (Å²) in [5.74, 6) is 0. The van der Waals surface area contributed by atoms with Crippen LogP contribution < -0.4 is 5.32 Å². The minimum atomic E-state index is 0.568. The van der Waals surface area contributed by atoms with Crippen molar-refractivity contribution in [2.75, 3.05) is 13.1 Å². The first-order valence-corrected chi connectivity index (χ1v) is 6.57. The fraction of sp³-hybridized carbons (Fsp3) is 0.364. The van der Waals surface area contributed by atoms with Crippen molar-refractivity contribution in [1.82, 2.24) is 14.7 Å². The van der Waals surface area contributed by atoms with Gasteiger partial charge in [-0.2, -0.15) is 0 Å². The molecule has 0 aliphatic rings. The highest BCUT2D eigenvalue weighted by Gasteiger charge is 2.07. The lowest BCUT2D eigenvalue weighted by Crippen LogP contribution is -2.13. The van der Waals surface area contributed by atoms with E-state index in [0.29, 0.717) is 5.15 Å². The third kappa shape index (κ3) is 2.45. The Labute approximate surface area is 104 Å². The van der Waals surface area contributed by atoms with Crippen LogP contribution in [0.3, 0.4) is 0 Å². The molecule has 0 aromatic carbocycles. The summed E-state index contributed by atoms with van der Waals surface area (Å²) < 4.78 is 2.00. The van der Waals surface area contributed by atoms with Gasteiger partial charge in [0.25, 0.3) is 0 Å². The standard InChI is InChI=1S/C11H14ClN3S/c1-2-5-13-6-3-4-9-10(12)14-11-15(9)7-8-16-11/h3-4,7-8,13H,2,5-6H2,1H3. The number of rotatable bonds is 5. The van der Waals surface area contributed by atoms with Crippen molar-refractivity contribution in [3.63, 3.8) is 0 Å². The van der Waals surface area contributed by atoms with Gasteiger partial charge in [-0.3, -0.25) is 4.40 Å². The maximum atomic E-state index is 6.05. The van der Waals surface area contributed by atoms with Crippen molar-refractivity contribution in [3.05, 3.63) is 28.5 Å². The summed E-state index contributed by atoms with van der Waals surface area (Å²) in [6.45, 7) is 4.05. The third-order valence-electron chi connectivity index (χ3n) is 2.22. The third-order valence-corrected chi connectivity index (χ3v) is 3.25. The van der Waals surface area contributed by atoms with Gasteiger partial charge in [0.15, 0.2) is 10.1 Å². The van der Waals surface area contributed by atoms with Gasteiger partial charge >= 0.3 is 0 Å². The molecule has 1 N–H and O–H groups in total. The van der Waals surface area contributed by atoms with Crippen LogP contribution in [0.15, 0.2) is 17.7 Å². The van der Waals surface area contributed by atoms with E-state index in [2.05, 4.69) is 23.3 Å². The normalized spacial score (nSPS) is 11.9. The Bertz CT molecular complexity index is 486. The molecule has 0 bridgehead atoms. The smallest absolute Gasteiger partial charge is 0.195 e. The first-order valence-electron chi connectivity index (χ1n) is 5.31. The lowest BCUT2D eigenvalue weighted by Gasteiger charge is -1.96. The monoisotopic (exact) mass is 255 g/mol. The van der Waals surface area contributed by atoms with Crippen LogP contribution in [0, 0.1) is 0 Å². The van der Waals surface area contributed by atoms with Crippen LogP contribution in [0.5, 0.6) is 0 Å². The molecule has 2 aromatic rings. The molecule has 0 aliphatic carbocycles. The fourth-order valence-corrected chi connectivity index (χ4v) is 2.46. The second-order valence-electron chi connectivity index (χ2n) is 3.45. The summed E-state index contributed by atoms with van der Waals surface area (Å²) in [5.41, 5.74) is 0.955. The van der Waals surface area contributed by atoms with Gasteiger partial charge in [0.2, 0.25) is 0 Å². The van der Waals surface area contributed by atoms with Crippen LogP contribution >= 0.6 is 22.9 Å². The Morgan fingerprint density at radius 1 is 1.62 bits per heavy atom. The number of imidazole rings is 1. The maximum Gasteiger partial charge on any atom is 0.195 e. The molecule has 2 rings (SSSR count). The van der Waals surface area contributed by atoms with Crippen LogP contribution in [-0.2, 0) is 0 Å². The Kier molecular flexibility index (Phi) is 3.98. The largest absolute Gasteiger partial charge is 0.313 e. The highest BCUT2D eigenvalue weighted by molar-refractivity contribution is 7.15. The van der Waals surface area contributed by atoms with Gasteiger partial charge < -0.3 is 5.32 Å². The second kappa shape index (κ2) is 5.48. The fourth-order valence-electron chi connectivity index (χ4n) is 1.46. The number of halogens is 1. The quantitative estimate of drug-likeness (QED) is 0.832. The first kappa shape index (κ1) is 11.6. The molecule has 0 unspecified atom stereocenters. The van der Waals surface area contributed by atoms with E-state index in [1.165, 1.54) is 0 Å². The van der Waals surface area contributed by atoms with Crippen molar-refractivity contribution < 1.29 is 0 Å². The first-order chi connectivity index (χ1) is 7.83. The predicted molar refractivity (Wildman–Crippen MR) is 70.3 cm³/mol. The summed E-state index contributed by atoms with van der Waals surface area (Å²) in [7, 11) is 0. The molecule has 2 aromatic heterocycles. The molecule has 0 saturated heterocycles. The van der Waals surface area contributed by atoms with Gasteiger partial charge in [-0.15, -0.1) is 11.3 Å². The second-order valence-corrected chi connectivity index (χ2v) is 4.68. The number of fused-ring (bicyclic) bond motifs is 1. The van der Waals surface area contributed by atoms with E-state index in [1.807, 2.05) is 22.1 Å². The van der Waals surface area contributed by atoms with Crippen LogP contribution in [0.2, 0.25) is 5.15 Å². The van der Waals surface area contributed by atoms with E-state index >= 15 is 0 Å². The molecule has 0 saturated carbocycles. The highest BCUT2D eigenvalue weighted by atomic mass is 35.5. The molecule has 16 heavy (non-hydrogen) atoms. The number of aromatic nitrogens is 2. The van der Waals surface area contributed by atoms with Gasteiger partial charge in [-0.05, 0) is 19.0 Å². The zero-order chi connectivity index (χ0) is 11.4. The molecule has 0 atom stereocenters. The number of hydrogen-bond donors (Lipinski definition) is 1. The molecule has 0 amide bonds. The zero-order valence-electron chi connectivity index (χ0n) is 9.11. The Hall–Kier alpha value is -0.840. The van der Waals surface area contributed by atoms with Gasteiger partial charge in [0.05, 0.1) is 5.69 Å². The van der Waals surface area contributed by atoms with Gasteiger partial charge in [-0.1, -0.05) is 24.6 Å². The summed E-state index contributed by atoms with van der Waals surface area (Å²) >= 11 is 7.64. The number of nitrogens with one attached hydrogen (secondary N) is 1. The zero-order valence-corrected chi connectivity index (χ0v) is 10.7. The van der Waals surface area contributed by atoms with E-state index in [4.69, 9.17) is 11.6 Å². The topological polar surface area (TPSA) is 29.3 Å². The molecule has 0 aliphatic heterocycles. The average molecular weight is 256 g/mol. The molecular formula is C11H14ClN3S. The lowest BCUT2D eigenvalue weighted by atomic mass is 10.4. The molecule has 3 nitrogen and oxygen atoms in total. The van der Waals surface area contributed by atoms with Crippen LogP contribution in [0.1, 0.15) is 19.0 Å². The summed E-state index contributed by atoms with van der Waals surface area (Å²) in [6, 6.07) is 0. The molecule has 0 radical (unpaired) electrons. The van der Waals surface area contributed by atoms with Crippen LogP contribution in [0.25, 0.3) is 11.0 Å². The van der Waals surface area contributed by atoms with Crippen molar-refractivity contribution in [2.24, 2.45) is 0 Å². The Morgan fingerprint density at radius 3 is 3.31 bits per heavy atom. The Balaban J connectivity index is 2.07. The maximum absolute atomic E-state index is 6.05. The number of nitrogens with zero attached hydrogens (tertiary/aromatic N) is 2. The van der Waals surface area contributed by atoms with E-state index in [1.54, 1.807) is 11.3 Å². The van der Waals surface area contributed by atoms with Crippen molar-refractivity contribution in [3.8, 4) is 0 Å². The molecule has 5 heteroatoms. The number of hydrogen-bond acceptors (Lipinski definition) is 3. The van der Waals surface area contributed by atoms with Crippen LogP contribution in [-0.4, -0.2) is 22.5 Å². The lowest BCUT2D eigenvalue weighted by molar-refractivity contribution is 0.730. The summed E-state index contributed by atoms with van der Waals surface area (Å²) in [5, 5.41) is 5.88. The highest BCUT2D eigenvalue weighted by Crippen LogP contribution is 2.22. The van der Waals surface area contributed by atoms with Crippen LogP contribution in [0.4, 0.5) is 0 Å². The molecule has 0 fully saturated rings. The van der Waals surface area contributed by atoms with Crippen molar-refractivity contribution >= 4 is 34.0 Å². The molecule has 2 heterocycles. The van der Waals surface area contributed by atoms with Gasteiger partial charge in [0.1, 0.15) is 0 Å². The Morgan fingerprint density at radius 2 is 2.50 bits per heavy atom. The summed E-state index contributed by atoms with van der Waals surface area (Å²) in [4.78, 5) is 5.20.